The highest BCUT2D eigenvalue weighted by Gasteiger charge is 2.18. The highest BCUT2D eigenvalue weighted by Crippen LogP contribution is 2.24. The lowest BCUT2D eigenvalue weighted by molar-refractivity contribution is -0.146. The van der Waals surface area contributed by atoms with E-state index in [1.54, 1.807) is 0 Å². The van der Waals surface area contributed by atoms with Gasteiger partial charge in [-0.1, -0.05) is 32.9 Å². The number of aryl methyl sites for hydroxylation is 2. The van der Waals surface area contributed by atoms with Gasteiger partial charge < -0.3 is 10.2 Å². The van der Waals surface area contributed by atoms with Crippen molar-refractivity contribution in [3.63, 3.8) is 0 Å². The smallest absolute Gasteiger partial charge is 0.337 e. The molecule has 0 spiro atoms. The van der Waals surface area contributed by atoms with E-state index in [0.29, 0.717) is 5.56 Å². The number of benzene rings is 1. The van der Waals surface area contributed by atoms with E-state index in [-0.39, 0.29) is 0 Å². The summed E-state index contributed by atoms with van der Waals surface area (Å²) in [5, 5.41) is 18.4. The Labute approximate surface area is 102 Å². The van der Waals surface area contributed by atoms with Gasteiger partial charge in [0.25, 0.3) is 0 Å². The van der Waals surface area contributed by atoms with E-state index in [0.717, 1.165) is 30.4 Å². The molecule has 0 aliphatic carbocycles. The van der Waals surface area contributed by atoms with Crippen LogP contribution in [0.4, 0.5) is 0 Å². The van der Waals surface area contributed by atoms with Gasteiger partial charge in [-0.25, -0.2) is 4.79 Å². The summed E-state index contributed by atoms with van der Waals surface area (Å²) >= 11 is 0. The minimum atomic E-state index is -1.42. The average molecular weight is 236 g/mol. The fourth-order valence-electron chi connectivity index (χ4n) is 2.21. The topological polar surface area (TPSA) is 57.5 Å². The van der Waals surface area contributed by atoms with E-state index in [1.165, 1.54) is 5.56 Å². The monoisotopic (exact) mass is 236 g/mol. The lowest BCUT2D eigenvalue weighted by Crippen LogP contribution is -2.12. The van der Waals surface area contributed by atoms with Crippen LogP contribution in [0.2, 0.25) is 0 Å². The van der Waals surface area contributed by atoms with Gasteiger partial charge in [0, 0.05) is 0 Å². The molecule has 0 aliphatic rings. The van der Waals surface area contributed by atoms with Crippen LogP contribution in [-0.2, 0) is 24.1 Å². The van der Waals surface area contributed by atoms with Gasteiger partial charge in [0.2, 0.25) is 0 Å². The number of carbonyl (C=O) groups is 1. The Balaban J connectivity index is 3.31. The number of carboxylic acids is 1. The van der Waals surface area contributed by atoms with Crippen LogP contribution in [0.15, 0.2) is 12.1 Å². The first-order valence-electron chi connectivity index (χ1n) is 6.10. The number of carboxylic acid groups (broad SMARTS) is 1. The number of rotatable bonds is 5. The molecule has 17 heavy (non-hydrogen) atoms. The van der Waals surface area contributed by atoms with Crippen molar-refractivity contribution in [3.8, 4) is 0 Å². The fourth-order valence-corrected chi connectivity index (χ4v) is 2.21. The van der Waals surface area contributed by atoms with Crippen molar-refractivity contribution < 1.29 is 15.0 Å². The van der Waals surface area contributed by atoms with Crippen LogP contribution in [0.1, 0.15) is 49.1 Å². The molecule has 0 aromatic heterocycles. The second-order valence-electron chi connectivity index (χ2n) is 4.12. The van der Waals surface area contributed by atoms with Gasteiger partial charge >= 0.3 is 5.97 Å². The standard InChI is InChI=1S/C14H20O3/c1-4-9-7-11(13(15)14(16)17)8-10(5-2)12(9)6-3/h7-8,13,15H,4-6H2,1-3H3,(H,16,17)/t13-/m1/s1. The Morgan fingerprint density at radius 2 is 1.59 bits per heavy atom. The molecule has 1 aromatic carbocycles. The summed E-state index contributed by atoms with van der Waals surface area (Å²) in [6.45, 7) is 6.19. The van der Waals surface area contributed by atoms with Crippen molar-refractivity contribution in [3.05, 3.63) is 34.4 Å². The third-order valence-electron chi connectivity index (χ3n) is 3.12. The van der Waals surface area contributed by atoms with Crippen molar-refractivity contribution >= 4 is 5.97 Å². The molecule has 0 fully saturated rings. The summed E-state index contributed by atoms with van der Waals surface area (Å²) in [4.78, 5) is 10.8. The quantitative estimate of drug-likeness (QED) is 0.825. The number of aliphatic carboxylic acids is 1. The lowest BCUT2D eigenvalue weighted by atomic mass is 9.91. The van der Waals surface area contributed by atoms with E-state index >= 15 is 0 Å². The zero-order valence-corrected chi connectivity index (χ0v) is 10.7. The van der Waals surface area contributed by atoms with Gasteiger partial charge in [0.05, 0.1) is 0 Å². The molecule has 3 heteroatoms. The van der Waals surface area contributed by atoms with Crippen molar-refractivity contribution in [2.75, 3.05) is 0 Å². The first-order valence-corrected chi connectivity index (χ1v) is 6.10. The lowest BCUT2D eigenvalue weighted by Gasteiger charge is -2.16. The van der Waals surface area contributed by atoms with Crippen LogP contribution in [0.3, 0.4) is 0 Å². The van der Waals surface area contributed by atoms with Gasteiger partial charge in [-0.15, -0.1) is 0 Å². The Morgan fingerprint density at radius 1 is 1.12 bits per heavy atom. The van der Waals surface area contributed by atoms with Crippen LogP contribution in [-0.4, -0.2) is 16.2 Å². The van der Waals surface area contributed by atoms with Crippen molar-refractivity contribution in [2.24, 2.45) is 0 Å². The Hall–Kier alpha value is -1.35. The molecule has 0 amide bonds. The molecule has 94 valence electrons. The summed E-state index contributed by atoms with van der Waals surface area (Å²) < 4.78 is 0. The van der Waals surface area contributed by atoms with Crippen LogP contribution in [0, 0.1) is 0 Å². The SMILES string of the molecule is CCc1cc([C@@H](O)C(=O)O)cc(CC)c1CC. The Kier molecular flexibility index (Phi) is 4.70. The third-order valence-corrected chi connectivity index (χ3v) is 3.12. The maximum absolute atomic E-state index is 10.8. The molecule has 0 unspecified atom stereocenters. The highest BCUT2D eigenvalue weighted by molar-refractivity contribution is 5.74. The first kappa shape index (κ1) is 13.7. The van der Waals surface area contributed by atoms with Crippen molar-refractivity contribution in [1.82, 2.24) is 0 Å². The van der Waals surface area contributed by atoms with Gasteiger partial charge in [0.15, 0.2) is 6.10 Å². The van der Waals surface area contributed by atoms with Gasteiger partial charge in [-0.05, 0) is 41.5 Å². The molecule has 0 aliphatic heterocycles. The number of aliphatic hydroxyl groups excluding tert-OH is 1. The molecule has 0 radical (unpaired) electrons. The Bertz CT molecular complexity index is 385. The summed E-state index contributed by atoms with van der Waals surface area (Å²) in [5.41, 5.74) is 4.06. The second-order valence-corrected chi connectivity index (χ2v) is 4.12. The summed E-state index contributed by atoms with van der Waals surface area (Å²) in [5.74, 6) is -1.20. The molecule has 1 atom stereocenters. The number of aliphatic hydroxyl groups is 1. The molecule has 0 saturated carbocycles. The van der Waals surface area contributed by atoms with E-state index in [2.05, 4.69) is 6.92 Å². The normalized spacial score (nSPS) is 12.5. The summed E-state index contributed by atoms with van der Waals surface area (Å²) in [7, 11) is 0. The minimum Gasteiger partial charge on any atom is -0.479 e. The zero-order chi connectivity index (χ0) is 13.0. The fraction of sp³-hybridized carbons (Fsp3) is 0.500. The summed E-state index contributed by atoms with van der Waals surface area (Å²) in [6.07, 6.45) is 1.24. The molecule has 1 rings (SSSR count). The van der Waals surface area contributed by atoms with Gasteiger partial charge in [0.1, 0.15) is 0 Å². The number of hydrogen-bond donors (Lipinski definition) is 2. The average Bonchev–Trinajstić information content (AvgIpc) is 2.35. The minimum absolute atomic E-state index is 0.489. The molecule has 2 N–H and O–H groups in total. The Morgan fingerprint density at radius 3 is 1.88 bits per heavy atom. The predicted octanol–water partition coefficient (Wildman–Crippen LogP) is 2.49. The third kappa shape index (κ3) is 2.86. The van der Waals surface area contributed by atoms with E-state index in [1.807, 2.05) is 26.0 Å². The number of hydrogen-bond acceptors (Lipinski definition) is 2. The van der Waals surface area contributed by atoms with Crippen LogP contribution in [0.5, 0.6) is 0 Å². The summed E-state index contributed by atoms with van der Waals surface area (Å²) in [6, 6.07) is 3.63. The van der Waals surface area contributed by atoms with E-state index in [9.17, 15) is 9.90 Å². The van der Waals surface area contributed by atoms with Gasteiger partial charge in [-0.2, -0.15) is 0 Å². The van der Waals surface area contributed by atoms with Crippen molar-refractivity contribution in [2.45, 2.75) is 46.1 Å². The van der Waals surface area contributed by atoms with E-state index < -0.39 is 12.1 Å². The van der Waals surface area contributed by atoms with E-state index in [4.69, 9.17) is 5.11 Å². The molecular formula is C14H20O3. The van der Waals surface area contributed by atoms with Crippen LogP contribution in [0.25, 0.3) is 0 Å². The molecule has 1 aromatic rings. The first-order chi connectivity index (χ1) is 8.04. The molecule has 0 saturated heterocycles. The maximum atomic E-state index is 10.8. The van der Waals surface area contributed by atoms with Gasteiger partial charge in [-0.3, -0.25) is 0 Å². The van der Waals surface area contributed by atoms with Crippen LogP contribution < -0.4 is 0 Å². The maximum Gasteiger partial charge on any atom is 0.337 e. The highest BCUT2D eigenvalue weighted by atomic mass is 16.4. The molecular weight excluding hydrogens is 216 g/mol. The molecule has 0 heterocycles. The van der Waals surface area contributed by atoms with Crippen LogP contribution >= 0.6 is 0 Å². The predicted molar refractivity (Wildman–Crippen MR) is 67.2 cm³/mol. The zero-order valence-electron chi connectivity index (χ0n) is 10.7. The van der Waals surface area contributed by atoms with Crippen molar-refractivity contribution in [1.29, 1.82) is 0 Å². The molecule has 0 bridgehead atoms. The molecule has 3 nitrogen and oxygen atoms in total. The largest absolute Gasteiger partial charge is 0.479 e. The second kappa shape index (κ2) is 5.82.